The Balaban J connectivity index is 1.47. The van der Waals surface area contributed by atoms with Crippen LogP contribution in [0.25, 0.3) is 23.2 Å². The van der Waals surface area contributed by atoms with Crippen LogP contribution in [-0.2, 0) is 4.79 Å². The SMILES string of the molecule is CC(/C=N\NC(=O)CSc1nnc(-c2ccc(Cl)cc2)n1-c1ccc(C)cc1)=C\c1ccccc1. The average molecular weight is 502 g/mol. The molecule has 3 aromatic carbocycles. The van der Waals surface area contributed by atoms with Gasteiger partial charge < -0.3 is 0 Å². The third kappa shape index (κ3) is 6.68. The predicted octanol–water partition coefficient (Wildman–Crippen LogP) is 6.19. The summed E-state index contributed by atoms with van der Waals surface area (Å²) < 4.78 is 1.94. The number of hydrogen-bond acceptors (Lipinski definition) is 5. The van der Waals surface area contributed by atoms with Gasteiger partial charge in [-0.15, -0.1) is 10.2 Å². The molecule has 6 nitrogen and oxygen atoms in total. The molecule has 0 saturated heterocycles. The van der Waals surface area contributed by atoms with Crippen LogP contribution in [0.5, 0.6) is 0 Å². The Morgan fingerprint density at radius 2 is 1.74 bits per heavy atom. The van der Waals surface area contributed by atoms with Crippen molar-refractivity contribution in [1.29, 1.82) is 0 Å². The molecule has 0 bridgehead atoms. The first-order valence-electron chi connectivity index (χ1n) is 11.0. The number of thioether (sulfide) groups is 1. The molecule has 1 aromatic heterocycles. The van der Waals surface area contributed by atoms with E-state index in [1.165, 1.54) is 11.8 Å². The van der Waals surface area contributed by atoms with Crippen molar-refractivity contribution < 1.29 is 4.79 Å². The van der Waals surface area contributed by atoms with Crippen molar-refractivity contribution in [3.63, 3.8) is 0 Å². The summed E-state index contributed by atoms with van der Waals surface area (Å²) in [6.45, 7) is 3.97. The first-order chi connectivity index (χ1) is 17.0. The van der Waals surface area contributed by atoms with Gasteiger partial charge in [0.05, 0.1) is 12.0 Å². The number of allylic oxidation sites excluding steroid dienone is 1. The number of nitrogens with zero attached hydrogens (tertiary/aromatic N) is 4. The molecule has 0 spiro atoms. The Kier molecular flexibility index (Phi) is 8.13. The van der Waals surface area contributed by atoms with Crippen LogP contribution in [0.4, 0.5) is 0 Å². The van der Waals surface area contributed by atoms with Gasteiger partial charge >= 0.3 is 0 Å². The van der Waals surface area contributed by atoms with Crippen molar-refractivity contribution in [2.45, 2.75) is 19.0 Å². The van der Waals surface area contributed by atoms with Crippen LogP contribution < -0.4 is 5.43 Å². The lowest BCUT2D eigenvalue weighted by atomic mass is 10.1. The minimum Gasteiger partial charge on any atom is -0.272 e. The van der Waals surface area contributed by atoms with Crippen molar-refractivity contribution in [2.24, 2.45) is 5.10 Å². The Bertz CT molecular complexity index is 1350. The van der Waals surface area contributed by atoms with E-state index in [0.717, 1.165) is 28.0 Å². The van der Waals surface area contributed by atoms with Gasteiger partial charge in [0.1, 0.15) is 0 Å². The van der Waals surface area contributed by atoms with Gasteiger partial charge in [0, 0.05) is 16.3 Å². The first-order valence-corrected chi connectivity index (χ1v) is 12.3. The molecule has 0 radical (unpaired) electrons. The summed E-state index contributed by atoms with van der Waals surface area (Å²) in [6, 6.07) is 25.4. The van der Waals surface area contributed by atoms with Crippen molar-refractivity contribution in [3.8, 4) is 17.1 Å². The van der Waals surface area contributed by atoms with Crippen LogP contribution in [0.15, 0.2) is 94.7 Å². The first kappa shape index (κ1) is 24.4. The fourth-order valence-electron chi connectivity index (χ4n) is 3.29. The molecule has 8 heteroatoms. The minimum absolute atomic E-state index is 0.142. The van der Waals surface area contributed by atoms with Crippen LogP contribution in [0.1, 0.15) is 18.1 Å². The number of aryl methyl sites for hydroxylation is 1. The van der Waals surface area contributed by atoms with E-state index in [0.29, 0.717) is 16.0 Å². The molecule has 176 valence electrons. The Labute approximate surface area is 213 Å². The second kappa shape index (κ2) is 11.6. The van der Waals surface area contributed by atoms with E-state index in [2.05, 4.69) is 20.7 Å². The Morgan fingerprint density at radius 1 is 1.03 bits per heavy atom. The number of carbonyl (C=O) groups excluding carboxylic acids is 1. The Hall–Kier alpha value is -3.68. The summed E-state index contributed by atoms with van der Waals surface area (Å²) in [4.78, 5) is 12.4. The Morgan fingerprint density at radius 3 is 2.46 bits per heavy atom. The van der Waals surface area contributed by atoms with Gasteiger partial charge in [-0.05, 0) is 61.4 Å². The quantitative estimate of drug-likeness (QED) is 0.177. The van der Waals surface area contributed by atoms with E-state index >= 15 is 0 Å². The van der Waals surface area contributed by atoms with E-state index in [1.807, 2.05) is 103 Å². The number of rotatable bonds is 8. The van der Waals surface area contributed by atoms with Crippen molar-refractivity contribution in [1.82, 2.24) is 20.2 Å². The van der Waals surface area contributed by atoms with E-state index in [-0.39, 0.29) is 11.7 Å². The van der Waals surface area contributed by atoms with Crippen LogP contribution in [-0.4, -0.2) is 32.6 Å². The molecule has 1 heterocycles. The molecular weight excluding hydrogens is 478 g/mol. The molecule has 1 amide bonds. The zero-order valence-corrected chi connectivity index (χ0v) is 20.9. The summed E-state index contributed by atoms with van der Waals surface area (Å²) in [5.41, 5.74) is 7.52. The lowest BCUT2D eigenvalue weighted by molar-refractivity contribution is -0.118. The monoisotopic (exact) mass is 501 g/mol. The molecular formula is C27H24ClN5OS. The second-order valence-electron chi connectivity index (χ2n) is 7.86. The van der Waals surface area contributed by atoms with E-state index in [1.54, 1.807) is 6.21 Å². The molecule has 4 aromatic rings. The summed E-state index contributed by atoms with van der Waals surface area (Å²) in [5, 5.41) is 14.1. The third-order valence-corrected chi connectivity index (χ3v) is 6.19. The van der Waals surface area contributed by atoms with Gasteiger partial charge in [0.25, 0.3) is 5.91 Å². The fourth-order valence-corrected chi connectivity index (χ4v) is 4.16. The van der Waals surface area contributed by atoms with Gasteiger partial charge in [0.15, 0.2) is 11.0 Å². The van der Waals surface area contributed by atoms with Gasteiger partial charge in [-0.25, -0.2) is 5.43 Å². The van der Waals surface area contributed by atoms with Gasteiger partial charge in [-0.3, -0.25) is 9.36 Å². The fraction of sp³-hybridized carbons (Fsp3) is 0.111. The van der Waals surface area contributed by atoms with E-state index < -0.39 is 0 Å². The number of aromatic nitrogens is 3. The minimum atomic E-state index is -0.231. The average Bonchev–Trinajstić information content (AvgIpc) is 3.28. The summed E-state index contributed by atoms with van der Waals surface area (Å²) in [7, 11) is 0. The summed E-state index contributed by atoms with van der Waals surface area (Å²) in [6.07, 6.45) is 3.62. The predicted molar refractivity (Wildman–Crippen MR) is 144 cm³/mol. The highest BCUT2D eigenvalue weighted by Crippen LogP contribution is 2.28. The number of nitrogens with one attached hydrogen (secondary N) is 1. The highest BCUT2D eigenvalue weighted by molar-refractivity contribution is 7.99. The maximum atomic E-state index is 12.4. The largest absolute Gasteiger partial charge is 0.272 e. The maximum absolute atomic E-state index is 12.4. The maximum Gasteiger partial charge on any atom is 0.250 e. The highest BCUT2D eigenvalue weighted by Gasteiger charge is 2.17. The molecule has 0 atom stereocenters. The number of carbonyl (C=O) groups is 1. The number of hydrogen-bond donors (Lipinski definition) is 1. The van der Waals surface area contributed by atoms with Gasteiger partial charge in [-0.2, -0.15) is 5.10 Å². The molecule has 0 aliphatic rings. The number of amides is 1. The van der Waals surface area contributed by atoms with Crippen LogP contribution in [0.3, 0.4) is 0 Å². The summed E-state index contributed by atoms with van der Waals surface area (Å²) in [5.74, 6) is 0.585. The number of halogens is 1. The van der Waals surface area contributed by atoms with E-state index in [4.69, 9.17) is 11.6 Å². The normalized spacial score (nSPS) is 11.7. The molecule has 0 saturated carbocycles. The topological polar surface area (TPSA) is 72.2 Å². The van der Waals surface area contributed by atoms with Gasteiger partial charge in [0.2, 0.25) is 0 Å². The zero-order chi connectivity index (χ0) is 24.6. The summed E-state index contributed by atoms with van der Waals surface area (Å²) >= 11 is 7.36. The molecule has 35 heavy (non-hydrogen) atoms. The zero-order valence-electron chi connectivity index (χ0n) is 19.4. The molecule has 0 aliphatic carbocycles. The van der Waals surface area contributed by atoms with Crippen molar-refractivity contribution in [2.75, 3.05) is 5.75 Å². The van der Waals surface area contributed by atoms with Gasteiger partial charge in [-0.1, -0.05) is 77.5 Å². The number of hydrazone groups is 1. The number of benzene rings is 3. The second-order valence-corrected chi connectivity index (χ2v) is 9.24. The molecule has 0 unspecified atom stereocenters. The van der Waals surface area contributed by atoms with E-state index in [9.17, 15) is 4.79 Å². The lowest BCUT2D eigenvalue weighted by Crippen LogP contribution is -2.20. The van der Waals surface area contributed by atoms with Crippen molar-refractivity contribution >= 4 is 41.6 Å². The molecule has 0 aliphatic heterocycles. The molecule has 1 N–H and O–H groups in total. The molecule has 4 rings (SSSR count). The smallest absolute Gasteiger partial charge is 0.250 e. The highest BCUT2D eigenvalue weighted by atomic mass is 35.5. The van der Waals surface area contributed by atoms with Crippen LogP contribution in [0.2, 0.25) is 5.02 Å². The molecule has 0 fully saturated rings. The third-order valence-electron chi connectivity index (χ3n) is 5.01. The standard InChI is InChI=1S/C27H24ClN5OS/c1-19-8-14-24(15-9-19)33-26(22-10-12-23(28)13-11-22)31-32-27(33)35-18-25(34)30-29-17-20(2)16-21-6-4-3-5-7-21/h3-17H,18H2,1-2H3,(H,30,34)/b20-16+,29-17-. The van der Waals surface area contributed by atoms with Crippen molar-refractivity contribution in [3.05, 3.63) is 101 Å². The van der Waals surface area contributed by atoms with Crippen LogP contribution in [0, 0.1) is 6.92 Å². The lowest BCUT2D eigenvalue weighted by Gasteiger charge is -2.10. The van der Waals surface area contributed by atoms with Crippen LogP contribution >= 0.6 is 23.4 Å².